The molecule has 0 spiro atoms. The van der Waals surface area contributed by atoms with Crippen molar-refractivity contribution in [2.75, 3.05) is 4.90 Å². The first-order valence-electron chi connectivity index (χ1n) is 46.0. The Balaban J connectivity index is 0.000000110. The van der Waals surface area contributed by atoms with Crippen molar-refractivity contribution in [3.63, 3.8) is 0 Å². The fraction of sp³-hybridized carbons (Fsp3) is 0.146. The minimum Gasteiger partial charge on any atom is -0.456 e. The molecule has 17 aromatic carbocycles. The van der Waals surface area contributed by atoms with E-state index in [-0.39, 0.29) is 32.5 Å². The van der Waals surface area contributed by atoms with Gasteiger partial charge in [-0.15, -0.1) is 34.0 Å². The third kappa shape index (κ3) is 12.3. The Labute approximate surface area is 781 Å². The fourth-order valence-corrected chi connectivity index (χ4v) is 25.9. The third-order valence-corrected chi connectivity index (χ3v) is 34.6. The summed E-state index contributed by atoms with van der Waals surface area (Å²) >= 11 is 5.75. The van der Waals surface area contributed by atoms with Crippen molar-refractivity contribution in [2.24, 2.45) is 0 Å². The minimum atomic E-state index is -0.0775. The van der Waals surface area contributed by atoms with Gasteiger partial charge >= 0.3 is 0 Å². The monoisotopic (exact) mass is 1760 g/mol. The van der Waals surface area contributed by atoms with E-state index in [9.17, 15) is 0 Å². The topological polar surface area (TPSA) is 60.0 Å². The number of para-hydroxylation sites is 5. The van der Waals surface area contributed by atoms with Gasteiger partial charge in [-0.1, -0.05) is 344 Å². The van der Waals surface area contributed by atoms with Gasteiger partial charge in [0.2, 0.25) is 0 Å². The molecule has 23 aromatic rings. The molecular formula is C123H97N5OS3. The number of thiophene rings is 3. The van der Waals surface area contributed by atoms with Crippen molar-refractivity contribution < 1.29 is 4.42 Å². The predicted molar refractivity (Wildman–Crippen MR) is 564 cm³/mol. The smallest absolute Gasteiger partial charge is 0.164 e. The van der Waals surface area contributed by atoms with Crippen LogP contribution in [0.15, 0.2) is 374 Å². The van der Waals surface area contributed by atoms with Gasteiger partial charge in [0, 0.05) is 132 Å². The molecule has 0 bridgehead atoms. The van der Waals surface area contributed by atoms with Crippen LogP contribution in [0.3, 0.4) is 0 Å². The highest BCUT2D eigenvalue weighted by molar-refractivity contribution is 7.27. The molecule has 0 atom stereocenters. The highest BCUT2D eigenvalue weighted by Crippen LogP contribution is 2.62. The van der Waals surface area contributed by atoms with Crippen LogP contribution in [0.25, 0.3) is 189 Å². The summed E-state index contributed by atoms with van der Waals surface area (Å²) in [6.45, 7) is 28.9. The molecule has 0 unspecified atom stereocenters. The van der Waals surface area contributed by atoms with Gasteiger partial charge in [-0.2, -0.15) is 0 Å². The van der Waals surface area contributed by atoms with E-state index in [1.807, 2.05) is 82.5 Å². The van der Waals surface area contributed by atoms with E-state index < -0.39 is 0 Å². The second-order valence-corrected chi connectivity index (χ2v) is 42.4. The lowest BCUT2D eigenvalue weighted by Crippen LogP contribution is -2.43. The van der Waals surface area contributed by atoms with Crippen LogP contribution < -0.4 is 4.90 Å². The maximum atomic E-state index is 6.24. The summed E-state index contributed by atoms with van der Waals surface area (Å²) in [5.74, 6) is 1.91. The largest absolute Gasteiger partial charge is 0.456 e. The van der Waals surface area contributed by atoms with E-state index in [1.54, 1.807) is 0 Å². The highest BCUT2D eigenvalue weighted by Gasteiger charge is 2.50. The van der Waals surface area contributed by atoms with Gasteiger partial charge in [0.1, 0.15) is 11.2 Å². The van der Waals surface area contributed by atoms with Crippen LogP contribution in [0.4, 0.5) is 17.1 Å². The van der Waals surface area contributed by atoms with Gasteiger partial charge in [0.05, 0.1) is 11.0 Å². The molecule has 0 N–H and O–H groups in total. The molecule has 0 aliphatic heterocycles. The van der Waals surface area contributed by atoms with Gasteiger partial charge in [-0.3, -0.25) is 0 Å². The molecule has 6 nitrogen and oxygen atoms in total. The molecule has 0 radical (unpaired) electrons. The van der Waals surface area contributed by atoms with Crippen LogP contribution in [-0.2, 0) is 32.5 Å². The number of anilines is 3. The normalized spacial score (nSPS) is 15.0. The Morgan fingerprint density at radius 3 is 1.38 bits per heavy atom. The van der Waals surface area contributed by atoms with Crippen LogP contribution in [-0.4, -0.2) is 19.5 Å². The molecular weight excluding hydrogens is 1660 g/mol. The molecule has 0 saturated carbocycles. The SMILES string of the molecule is CC1(C)c2ccccc2-c2c(ccc3c2sc2cc(N(c4ccccc4)c4ccccc4)ccc23)C1(C)C.CC1(C)c2ccccc2-c2c(ccc3sc4ccc(-c5ccc(-n6c7ccccc7c7ccccc76)cc5)cc4c23)C1(C)C.CC1(C)c2ccccc2-c2ccc3c(sc4ccc(-c5nc(-c6ccccc6)nc(-c6cccc7oc8ccccc8c67)n5)cc43)c2C1(C)C. The zero-order valence-corrected chi connectivity index (χ0v) is 78.5. The van der Waals surface area contributed by atoms with Crippen LogP contribution in [0.1, 0.15) is 116 Å². The number of benzene rings is 17. The quantitative estimate of drug-likeness (QED) is 0.152. The van der Waals surface area contributed by atoms with Crippen LogP contribution in [0.2, 0.25) is 0 Å². The summed E-state index contributed by atoms with van der Waals surface area (Å²) in [5, 5.41) is 12.6. The highest BCUT2D eigenvalue weighted by atomic mass is 32.1. The van der Waals surface area contributed by atoms with Crippen molar-refractivity contribution in [3.05, 3.63) is 403 Å². The van der Waals surface area contributed by atoms with Gasteiger partial charge in [-0.05, 0) is 209 Å². The summed E-state index contributed by atoms with van der Waals surface area (Å²) in [7, 11) is 0. The van der Waals surface area contributed by atoms with Crippen LogP contribution in [0, 0.1) is 0 Å². The zero-order chi connectivity index (χ0) is 89.6. The van der Waals surface area contributed by atoms with Crippen molar-refractivity contribution in [3.8, 4) is 84.4 Å². The number of furan rings is 1. The Hall–Kier alpha value is -14.2. The van der Waals surface area contributed by atoms with E-state index >= 15 is 0 Å². The van der Waals surface area contributed by atoms with Crippen molar-refractivity contribution >= 4 is 155 Å². The van der Waals surface area contributed by atoms with Gasteiger partial charge < -0.3 is 13.9 Å². The third-order valence-electron chi connectivity index (χ3n) is 31.1. The maximum Gasteiger partial charge on any atom is 0.164 e. The first-order chi connectivity index (χ1) is 64.0. The fourth-order valence-electron chi connectivity index (χ4n) is 22.1. The molecule has 26 rings (SSSR count). The number of hydrogen-bond donors (Lipinski definition) is 0. The summed E-state index contributed by atoms with van der Waals surface area (Å²) < 4.78 is 16.7. The predicted octanol–water partition coefficient (Wildman–Crippen LogP) is 35.2. The second kappa shape index (κ2) is 30.2. The van der Waals surface area contributed by atoms with Crippen LogP contribution >= 0.6 is 34.0 Å². The second-order valence-electron chi connectivity index (χ2n) is 39.3. The van der Waals surface area contributed by atoms with E-state index in [0.717, 1.165) is 50.0 Å². The summed E-state index contributed by atoms with van der Waals surface area (Å²) in [6.07, 6.45) is 0. The number of fused-ring (bicyclic) bond motifs is 27. The molecule has 638 valence electrons. The van der Waals surface area contributed by atoms with Gasteiger partial charge in [0.15, 0.2) is 17.5 Å². The molecule has 3 aliphatic carbocycles. The Kier molecular flexibility index (Phi) is 18.5. The Morgan fingerprint density at radius 2 is 0.712 bits per heavy atom. The molecule has 9 heteroatoms. The number of aromatic nitrogens is 4. The molecule has 3 aliphatic rings. The maximum absolute atomic E-state index is 6.24. The van der Waals surface area contributed by atoms with Gasteiger partial charge in [0.25, 0.3) is 0 Å². The summed E-state index contributed by atoms with van der Waals surface area (Å²) in [5.41, 5.74) is 31.1. The summed E-state index contributed by atoms with van der Waals surface area (Å²) in [6, 6.07) is 134. The zero-order valence-electron chi connectivity index (χ0n) is 76.1. The lowest BCUT2D eigenvalue weighted by molar-refractivity contribution is 0.299. The van der Waals surface area contributed by atoms with E-state index in [1.165, 1.54) is 172 Å². The minimum absolute atomic E-state index is 0.000608. The summed E-state index contributed by atoms with van der Waals surface area (Å²) in [4.78, 5) is 17.7. The van der Waals surface area contributed by atoms with E-state index in [0.29, 0.717) is 17.5 Å². The number of nitrogens with zero attached hydrogens (tertiary/aromatic N) is 5. The molecule has 6 aromatic heterocycles. The number of rotatable bonds is 8. The van der Waals surface area contributed by atoms with Crippen molar-refractivity contribution in [1.82, 2.24) is 19.5 Å². The molecule has 6 heterocycles. The molecule has 0 fully saturated rings. The lowest BCUT2D eigenvalue weighted by Gasteiger charge is -2.48. The molecule has 0 amide bonds. The lowest BCUT2D eigenvalue weighted by atomic mass is 9.55. The Bertz CT molecular complexity index is 8560. The average Bonchev–Trinajstić information content (AvgIpc) is 1.65. The standard InChI is InChI=1S/C45H33N3OS.C42H33NS.C36H31NS/c1-44(2)34-18-10-8-15-28(34)29-22-23-30-33-25-27(21-24-37(33)50-40(30)39(29)45(44,3)4)42-46-41(26-13-6-5-7-14-26)47-43(48-42)32-17-12-20-36-38(32)31-16-9-11-19-35(31)49-36;1-41(2)33-14-8-5-13-31(33)39-34(42(41,3)4)22-24-38-40(39)32-25-27(19-23-37(32)44-38)26-17-20-28(21-18-26)43-35-15-9-6-11-29(35)30-12-7-10-16-36(30)43;1-35(2)30-18-12-11-17-29(30)33-31(36(35,3)4)22-21-28-27-20-19-26(23-32(27)38-34(28)33)37(24-13-7-5-8-14-24)25-15-9-6-10-16-25/h5-25H,1-4H3;5-25H,1-4H3;5-23H,1-4H3. The first kappa shape index (κ1) is 81.1. The van der Waals surface area contributed by atoms with Crippen molar-refractivity contribution in [1.29, 1.82) is 0 Å². The van der Waals surface area contributed by atoms with E-state index in [4.69, 9.17) is 19.4 Å². The number of hydrogen-bond acceptors (Lipinski definition) is 8. The molecule has 132 heavy (non-hydrogen) atoms. The molecule has 0 saturated heterocycles. The average molecular weight is 1760 g/mol. The van der Waals surface area contributed by atoms with E-state index in [2.05, 4.69) is 414 Å². The van der Waals surface area contributed by atoms with Crippen LogP contribution in [0.5, 0.6) is 0 Å². The first-order valence-corrected chi connectivity index (χ1v) is 48.5. The van der Waals surface area contributed by atoms with Crippen molar-refractivity contribution in [2.45, 2.75) is 116 Å². The Morgan fingerprint density at radius 1 is 0.250 bits per heavy atom. The van der Waals surface area contributed by atoms with Gasteiger partial charge in [-0.25, -0.2) is 15.0 Å².